The van der Waals surface area contributed by atoms with Crippen LogP contribution in [0.5, 0.6) is 0 Å². The van der Waals surface area contributed by atoms with E-state index in [0.717, 1.165) is 16.4 Å². The van der Waals surface area contributed by atoms with Gasteiger partial charge in [-0.2, -0.15) is 0 Å². The molecule has 2 heterocycles. The minimum atomic E-state index is -0.670. The summed E-state index contributed by atoms with van der Waals surface area (Å²) in [5.41, 5.74) is 1.41. The molecule has 0 bridgehead atoms. The van der Waals surface area contributed by atoms with Crippen LogP contribution in [0.2, 0.25) is 0 Å². The molecule has 20 heavy (non-hydrogen) atoms. The Morgan fingerprint density at radius 1 is 1.25 bits per heavy atom. The molecule has 0 saturated carbocycles. The fourth-order valence-electron chi connectivity index (χ4n) is 2.26. The molecule has 3 rings (SSSR count). The van der Waals surface area contributed by atoms with E-state index in [9.17, 15) is 5.11 Å². The Bertz CT molecular complexity index is 550. The Balaban J connectivity index is 1.63. The van der Waals surface area contributed by atoms with Crippen LogP contribution < -0.4 is 5.32 Å². The maximum Gasteiger partial charge on any atom is 0.183 e. The Morgan fingerprint density at radius 2 is 2.00 bits per heavy atom. The molecule has 106 valence electrons. The lowest BCUT2D eigenvalue weighted by Crippen LogP contribution is -2.42. The lowest BCUT2D eigenvalue weighted by Gasteiger charge is -2.31. The monoisotopic (exact) mass is 290 g/mol. The molecule has 0 amide bonds. The molecule has 2 aromatic rings. The molecule has 0 spiro atoms. The van der Waals surface area contributed by atoms with Crippen LogP contribution in [0.15, 0.2) is 35.7 Å². The molecule has 1 aliphatic heterocycles. The number of hydrogen-bond acceptors (Lipinski definition) is 5. The molecule has 0 radical (unpaired) electrons. The Hall–Kier alpha value is -1.43. The van der Waals surface area contributed by atoms with Crippen LogP contribution in [-0.2, 0) is 4.74 Å². The second-order valence-corrected chi connectivity index (χ2v) is 5.95. The van der Waals surface area contributed by atoms with E-state index < -0.39 is 5.60 Å². The number of aromatic nitrogens is 1. The molecule has 1 aliphatic rings. The lowest BCUT2D eigenvalue weighted by molar-refractivity contribution is -0.0543. The average molecular weight is 290 g/mol. The normalized spacial score (nSPS) is 17.9. The van der Waals surface area contributed by atoms with Crippen molar-refractivity contribution in [2.45, 2.75) is 18.4 Å². The highest BCUT2D eigenvalue weighted by molar-refractivity contribution is 7.14. The van der Waals surface area contributed by atoms with Gasteiger partial charge in [0.25, 0.3) is 0 Å². The number of rotatable bonds is 4. The van der Waals surface area contributed by atoms with Crippen LogP contribution in [-0.4, -0.2) is 35.5 Å². The summed E-state index contributed by atoms with van der Waals surface area (Å²) >= 11 is 1.57. The van der Waals surface area contributed by atoms with E-state index in [1.54, 1.807) is 11.3 Å². The van der Waals surface area contributed by atoms with E-state index in [-0.39, 0.29) is 0 Å². The molecular weight excluding hydrogens is 272 g/mol. The highest BCUT2D eigenvalue weighted by Gasteiger charge is 2.29. The van der Waals surface area contributed by atoms with Crippen molar-refractivity contribution >= 4 is 16.5 Å². The zero-order chi connectivity index (χ0) is 13.8. The first-order chi connectivity index (χ1) is 9.75. The fourth-order valence-corrected chi connectivity index (χ4v) is 2.98. The Kier molecular flexibility index (Phi) is 4.00. The van der Waals surface area contributed by atoms with Crippen molar-refractivity contribution in [1.82, 2.24) is 4.98 Å². The number of nitrogens with one attached hydrogen (secondary N) is 1. The number of anilines is 1. The molecule has 4 nitrogen and oxygen atoms in total. The van der Waals surface area contributed by atoms with Crippen LogP contribution in [0.3, 0.4) is 0 Å². The van der Waals surface area contributed by atoms with Crippen LogP contribution in [0.25, 0.3) is 11.3 Å². The zero-order valence-electron chi connectivity index (χ0n) is 11.2. The smallest absolute Gasteiger partial charge is 0.183 e. The highest BCUT2D eigenvalue weighted by Crippen LogP contribution is 2.26. The van der Waals surface area contributed by atoms with Gasteiger partial charge in [0.1, 0.15) is 0 Å². The first kappa shape index (κ1) is 13.5. The number of nitrogens with zero attached hydrogens (tertiary/aromatic N) is 1. The van der Waals surface area contributed by atoms with E-state index in [1.165, 1.54) is 0 Å². The third-order valence-electron chi connectivity index (χ3n) is 3.57. The van der Waals surface area contributed by atoms with Crippen LogP contribution in [0.4, 0.5) is 5.13 Å². The Morgan fingerprint density at radius 3 is 2.75 bits per heavy atom. The maximum atomic E-state index is 10.4. The van der Waals surface area contributed by atoms with Gasteiger partial charge in [0.2, 0.25) is 0 Å². The number of thiazole rings is 1. The largest absolute Gasteiger partial charge is 0.388 e. The van der Waals surface area contributed by atoms with Crippen LogP contribution in [0, 0.1) is 0 Å². The molecule has 5 heteroatoms. The summed E-state index contributed by atoms with van der Waals surface area (Å²) in [6.45, 7) is 1.79. The van der Waals surface area contributed by atoms with Crippen molar-refractivity contribution in [3.63, 3.8) is 0 Å². The van der Waals surface area contributed by atoms with E-state index in [4.69, 9.17) is 4.74 Å². The SMILES string of the molecule is OC1(CNc2nc(-c3ccccc3)cs2)CCOCC1. The van der Waals surface area contributed by atoms with E-state index in [0.29, 0.717) is 32.6 Å². The van der Waals surface area contributed by atoms with Crippen molar-refractivity contribution in [2.75, 3.05) is 25.1 Å². The summed E-state index contributed by atoms with van der Waals surface area (Å²) in [6, 6.07) is 10.1. The molecule has 1 saturated heterocycles. The minimum absolute atomic E-state index is 0.526. The summed E-state index contributed by atoms with van der Waals surface area (Å²) in [5.74, 6) is 0. The van der Waals surface area contributed by atoms with E-state index in [2.05, 4.69) is 10.3 Å². The fraction of sp³-hybridized carbons (Fsp3) is 0.400. The summed E-state index contributed by atoms with van der Waals surface area (Å²) in [6.07, 6.45) is 1.35. The molecule has 1 fully saturated rings. The third kappa shape index (κ3) is 3.17. The topological polar surface area (TPSA) is 54.4 Å². The van der Waals surface area contributed by atoms with Gasteiger partial charge in [-0.3, -0.25) is 0 Å². The minimum Gasteiger partial charge on any atom is -0.388 e. The quantitative estimate of drug-likeness (QED) is 0.909. The molecule has 0 unspecified atom stereocenters. The van der Waals surface area contributed by atoms with Gasteiger partial charge >= 0.3 is 0 Å². The molecule has 1 aromatic heterocycles. The standard InChI is InChI=1S/C15H18N2O2S/c18-15(6-8-19-9-7-15)11-16-14-17-13(10-20-14)12-4-2-1-3-5-12/h1-5,10,18H,6-9,11H2,(H,16,17). The van der Waals surface area contributed by atoms with Crippen molar-refractivity contribution in [1.29, 1.82) is 0 Å². The van der Waals surface area contributed by atoms with Gasteiger partial charge in [-0.1, -0.05) is 30.3 Å². The van der Waals surface area contributed by atoms with Crippen molar-refractivity contribution in [2.24, 2.45) is 0 Å². The third-order valence-corrected chi connectivity index (χ3v) is 4.37. The summed E-state index contributed by atoms with van der Waals surface area (Å²) in [5, 5.41) is 16.5. The van der Waals surface area contributed by atoms with Gasteiger partial charge in [0.15, 0.2) is 5.13 Å². The van der Waals surface area contributed by atoms with Crippen molar-refractivity contribution < 1.29 is 9.84 Å². The van der Waals surface area contributed by atoms with Gasteiger partial charge in [-0.25, -0.2) is 4.98 Å². The molecule has 0 atom stereocenters. The van der Waals surface area contributed by atoms with Gasteiger partial charge in [0, 0.05) is 43.5 Å². The predicted octanol–water partition coefficient (Wildman–Crippen LogP) is 2.76. The molecular formula is C15H18N2O2S. The lowest BCUT2D eigenvalue weighted by atomic mass is 9.95. The van der Waals surface area contributed by atoms with Crippen LogP contribution >= 0.6 is 11.3 Å². The summed E-state index contributed by atoms with van der Waals surface area (Å²) in [4.78, 5) is 4.56. The second-order valence-electron chi connectivity index (χ2n) is 5.09. The molecule has 2 N–H and O–H groups in total. The average Bonchev–Trinajstić information content (AvgIpc) is 2.96. The van der Waals surface area contributed by atoms with Gasteiger partial charge in [-0.05, 0) is 0 Å². The number of aliphatic hydroxyl groups is 1. The predicted molar refractivity (Wildman–Crippen MR) is 81.0 cm³/mol. The van der Waals surface area contributed by atoms with E-state index in [1.807, 2.05) is 35.7 Å². The van der Waals surface area contributed by atoms with Gasteiger partial charge in [-0.15, -0.1) is 11.3 Å². The summed E-state index contributed by atoms with van der Waals surface area (Å²) in [7, 11) is 0. The molecule has 1 aromatic carbocycles. The van der Waals surface area contributed by atoms with Gasteiger partial charge in [0.05, 0.1) is 11.3 Å². The zero-order valence-corrected chi connectivity index (χ0v) is 12.0. The van der Waals surface area contributed by atoms with Crippen LogP contribution in [0.1, 0.15) is 12.8 Å². The number of hydrogen-bond donors (Lipinski definition) is 2. The maximum absolute atomic E-state index is 10.4. The Labute approximate surface area is 122 Å². The highest BCUT2D eigenvalue weighted by atomic mass is 32.1. The second kappa shape index (κ2) is 5.91. The summed E-state index contributed by atoms with van der Waals surface area (Å²) < 4.78 is 5.28. The van der Waals surface area contributed by atoms with Gasteiger partial charge < -0.3 is 15.2 Å². The first-order valence-corrected chi connectivity index (χ1v) is 7.68. The number of benzene rings is 1. The van der Waals surface area contributed by atoms with Crippen molar-refractivity contribution in [3.8, 4) is 11.3 Å². The first-order valence-electron chi connectivity index (χ1n) is 6.80. The van der Waals surface area contributed by atoms with E-state index >= 15 is 0 Å². The number of ether oxygens (including phenoxy) is 1. The van der Waals surface area contributed by atoms with Crippen molar-refractivity contribution in [3.05, 3.63) is 35.7 Å². The molecule has 0 aliphatic carbocycles.